The van der Waals surface area contributed by atoms with Crippen LogP contribution in [0, 0.1) is 5.92 Å². The lowest BCUT2D eigenvalue weighted by Crippen LogP contribution is -2.55. The highest BCUT2D eigenvalue weighted by atomic mass is 35.5. The van der Waals surface area contributed by atoms with Crippen LogP contribution in [0.5, 0.6) is 0 Å². The van der Waals surface area contributed by atoms with Crippen LogP contribution in [0.3, 0.4) is 0 Å². The summed E-state index contributed by atoms with van der Waals surface area (Å²) in [5.74, 6) is 0.863. The first-order valence-corrected chi connectivity index (χ1v) is 7.56. The zero-order chi connectivity index (χ0) is 12.4. The van der Waals surface area contributed by atoms with Gasteiger partial charge in [-0.15, -0.1) is 11.6 Å². The molecule has 6 heteroatoms. The fourth-order valence-corrected chi connectivity index (χ4v) is 3.64. The van der Waals surface area contributed by atoms with Crippen molar-refractivity contribution in [1.29, 1.82) is 0 Å². The van der Waals surface area contributed by atoms with Crippen molar-refractivity contribution in [2.24, 2.45) is 5.92 Å². The molecule has 2 unspecified atom stereocenters. The SMILES string of the molecule is CC1CCCC(CCl)(NS(=O)(=O)N(C)C)C1. The number of halogens is 1. The zero-order valence-corrected chi connectivity index (χ0v) is 11.7. The van der Waals surface area contributed by atoms with Crippen molar-refractivity contribution in [3.8, 4) is 0 Å². The van der Waals surface area contributed by atoms with Crippen molar-refractivity contribution in [2.75, 3.05) is 20.0 Å². The summed E-state index contributed by atoms with van der Waals surface area (Å²) < 4.78 is 27.6. The third-order valence-electron chi connectivity index (χ3n) is 3.17. The van der Waals surface area contributed by atoms with Crippen LogP contribution >= 0.6 is 11.6 Å². The van der Waals surface area contributed by atoms with E-state index in [0.29, 0.717) is 11.8 Å². The van der Waals surface area contributed by atoms with Crippen molar-refractivity contribution in [1.82, 2.24) is 9.03 Å². The number of hydrogen-bond donors (Lipinski definition) is 1. The number of alkyl halides is 1. The fraction of sp³-hybridized carbons (Fsp3) is 1.00. The van der Waals surface area contributed by atoms with Crippen LogP contribution in [-0.2, 0) is 10.2 Å². The van der Waals surface area contributed by atoms with Crippen molar-refractivity contribution in [3.05, 3.63) is 0 Å². The van der Waals surface area contributed by atoms with Crippen molar-refractivity contribution in [2.45, 2.75) is 38.1 Å². The first-order chi connectivity index (χ1) is 7.31. The molecule has 0 bridgehead atoms. The Bertz CT molecular complexity index is 332. The number of rotatable bonds is 4. The van der Waals surface area contributed by atoms with Crippen molar-refractivity contribution in [3.63, 3.8) is 0 Å². The van der Waals surface area contributed by atoms with E-state index in [4.69, 9.17) is 11.6 Å². The van der Waals surface area contributed by atoms with Crippen molar-refractivity contribution >= 4 is 21.8 Å². The molecule has 1 fully saturated rings. The summed E-state index contributed by atoms with van der Waals surface area (Å²) in [6, 6.07) is 0. The average molecular weight is 269 g/mol. The first kappa shape index (κ1) is 14.2. The average Bonchev–Trinajstić information content (AvgIpc) is 2.16. The Morgan fingerprint density at radius 1 is 1.50 bits per heavy atom. The summed E-state index contributed by atoms with van der Waals surface area (Å²) in [7, 11) is -0.344. The van der Waals surface area contributed by atoms with Crippen LogP contribution in [0.15, 0.2) is 0 Å². The van der Waals surface area contributed by atoms with Crippen molar-refractivity contribution < 1.29 is 8.42 Å². The lowest BCUT2D eigenvalue weighted by Gasteiger charge is -2.39. The maximum atomic E-state index is 11.8. The molecule has 1 N–H and O–H groups in total. The maximum Gasteiger partial charge on any atom is 0.279 e. The van der Waals surface area contributed by atoms with E-state index in [9.17, 15) is 8.42 Å². The lowest BCUT2D eigenvalue weighted by atomic mass is 9.78. The van der Waals surface area contributed by atoms with Gasteiger partial charge in [-0.1, -0.05) is 19.8 Å². The second kappa shape index (κ2) is 5.21. The molecule has 16 heavy (non-hydrogen) atoms. The van der Waals surface area contributed by atoms with Crippen LogP contribution in [0.25, 0.3) is 0 Å². The minimum absolute atomic E-state index is 0.338. The molecule has 0 aromatic carbocycles. The topological polar surface area (TPSA) is 49.4 Å². The molecule has 0 heterocycles. The fourth-order valence-electron chi connectivity index (χ4n) is 2.27. The minimum atomic E-state index is -3.39. The van der Waals surface area contributed by atoms with Gasteiger partial charge < -0.3 is 0 Å². The standard InChI is InChI=1S/C10H21ClN2O2S/c1-9-5-4-6-10(7-9,8-11)12-16(14,15)13(2)3/h9,12H,4-8H2,1-3H3. The van der Waals surface area contributed by atoms with Gasteiger partial charge in [-0.2, -0.15) is 17.4 Å². The van der Waals surface area contributed by atoms with Gasteiger partial charge in [-0.25, -0.2) is 0 Å². The molecular formula is C10H21ClN2O2S. The van der Waals surface area contributed by atoms with E-state index < -0.39 is 15.7 Å². The quantitative estimate of drug-likeness (QED) is 0.787. The molecule has 0 radical (unpaired) electrons. The van der Waals surface area contributed by atoms with Crippen LogP contribution in [-0.4, -0.2) is 38.2 Å². The monoisotopic (exact) mass is 268 g/mol. The normalized spacial score (nSPS) is 31.9. The van der Waals surface area contributed by atoms with Gasteiger partial charge in [0.1, 0.15) is 0 Å². The number of nitrogens with one attached hydrogen (secondary N) is 1. The third kappa shape index (κ3) is 3.32. The molecule has 1 saturated carbocycles. The largest absolute Gasteiger partial charge is 0.279 e. The molecule has 0 amide bonds. The molecule has 1 aliphatic rings. The van der Waals surface area contributed by atoms with Gasteiger partial charge in [0.2, 0.25) is 0 Å². The molecule has 2 atom stereocenters. The Morgan fingerprint density at radius 3 is 2.56 bits per heavy atom. The van der Waals surface area contributed by atoms with Crippen LogP contribution in [0.2, 0.25) is 0 Å². The van der Waals surface area contributed by atoms with Gasteiger partial charge in [0.25, 0.3) is 10.2 Å². The smallest absolute Gasteiger partial charge is 0.195 e. The molecule has 1 rings (SSSR count). The molecule has 0 aromatic heterocycles. The van der Waals surface area contributed by atoms with E-state index in [-0.39, 0.29) is 0 Å². The number of nitrogens with zero attached hydrogens (tertiary/aromatic N) is 1. The third-order valence-corrected chi connectivity index (χ3v) is 5.34. The summed E-state index contributed by atoms with van der Waals surface area (Å²) in [5.41, 5.74) is -0.456. The van der Waals surface area contributed by atoms with E-state index in [1.807, 2.05) is 0 Å². The lowest BCUT2D eigenvalue weighted by molar-refractivity contribution is 0.236. The van der Waals surface area contributed by atoms with Gasteiger partial charge >= 0.3 is 0 Å². The van der Waals surface area contributed by atoms with E-state index in [1.165, 1.54) is 18.4 Å². The van der Waals surface area contributed by atoms with Gasteiger partial charge in [0, 0.05) is 25.5 Å². The zero-order valence-electron chi connectivity index (χ0n) is 10.2. The van der Waals surface area contributed by atoms with E-state index in [2.05, 4.69) is 11.6 Å². The molecule has 0 saturated heterocycles. The Kier molecular flexibility index (Phi) is 4.63. The second-order valence-electron chi connectivity index (χ2n) is 5.00. The summed E-state index contributed by atoms with van der Waals surface area (Å²) in [6.07, 6.45) is 3.84. The van der Waals surface area contributed by atoms with E-state index >= 15 is 0 Å². The molecule has 0 aliphatic heterocycles. The second-order valence-corrected chi connectivity index (χ2v) is 7.16. The van der Waals surface area contributed by atoms with Crippen LogP contribution in [0.1, 0.15) is 32.6 Å². The highest BCUT2D eigenvalue weighted by Gasteiger charge is 2.38. The maximum absolute atomic E-state index is 11.8. The van der Waals surface area contributed by atoms with Gasteiger partial charge in [0.15, 0.2) is 0 Å². The predicted octanol–water partition coefficient (Wildman–Crippen LogP) is 1.57. The molecule has 0 spiro atoms. The summed E-state index contributed by atoms with van der Waals surface area (Å²) in [6.45, 7) is 2.14. The van der Waals surface area contributed by atoms with Gasteiger partial charge in [-0.3, -0.25) is 0 Å². The molecule has 1 aliphatic carbocycles. The minimum Gasteiger partial charge on any atom is -0.195 e. The first-order valence-electron chi connectivity index (χ1n) is 5.59. The van der Waals surface area contributed by atoms with E-state index in [1.54, 1.807) is 0 Å². The molecule has 4 nitrogen and oxygen atoms in total. The Morgan fingerprint density at radius 2 is 2.12 bits per heavy atom. The Labute approximate surface area is 104 Å². The highest BCUT2D eigenvalue weighted by Crippen LogP contribution is 2.33. The number of hydrogen-bond acceptors (Lipinski definition) is 2. The predicted molar refractivity (Wildman–Crippen MR) is 66.8 cm³/mol. The molecular weight excluding hydrogens is 248 g/mol. The molecule has 96 valence electrons. The summed E-state index contributed by atoms with van der Waals surface area (Å²) >= 11 is 5.97. The van der Waals surface area contributed by atoms with Gasteiger partial charge in [0.05, 0.1) is 0 Å². The molecule has 0 aromatic rings. The highest BCUT2D eigenvalue weighted by molar-refractivity contribution is 7.87. The summed E-state index contributed by atoms with van der Waals surface area (Å²) in [5, 5.41) is 0. The van der Waals surface area contributed by atoms with Gasteiger partial charge in [-0.05, 0) is 18.8 Å². The van der Waals surface area contributed by atoms with Crippen LogP contribution in [0.4, 0.5) is 0 Å². The summed E-state index contributed by atoms with van der Waals surface area (Å²) in [4.78, 5) is 0. The van der Waals surface area contributed by atoms with E-state index in [0.717, 1.165) is 25.7 Å². The Balaban J connectivity index is 2.82. The van der Waals surface area contributed by atoms with Crippen LogP contribution < -0.4 is 4.72 Å². The Hall–Kier alpha value is 0.160.